The number of anilines is 1. The van der Waals surface area contributed by atoms with Crippen molar-refractivity contribution in [1.29, 1.82) is 5.41 Å². The van der Waals surface area contributed by atoms with Crippen molar-refractivity contribution in [2.24, 2.45) is 4.99 Å². The first-order valence-corrected chi connectivity index (χ1v) is 3.49. The lowest BCUT2D eigenvalue weighted by molar-refractivity contribution is 1.04. The van der Waals surface area contributed by atoms with Crippen LogP contribution in [0.5, 0.6) is 0 Å². The average molecular weight is 165 g/mol. The Morgan fingerprint density at radius 1 is 1.67 bits per heavy atom. The van der Waals surface area contributed by atoms with Gasteiger partial charge in [-0.1, -0.05) is 0 Å². The number of hydrogen-bond acceptors (Lipinski definition) is 4. The normalized spacial score (nSPS) is 10.5. The lowest BCUT2D eigenvalue weighted by atomic mass is 10.7. The van der Waals surface area contributed by atoms with Crippen LogP contribution < -0.4 is 4.90 Å². The average Bonchev–Trinajstić information content (AvgIpc) is 2.48. The van der Waals surface area contributed by atoms with Gasteiger partial charge >= 0.3 is 0 Å². The zero-order chi connectivity index (χ0) is 8.97. The summed E-state index contributed by atoms with van der Waals surface area (Å²) in [6, 6.07) is 0. The molecule has 12 heavy (non-hydrogen) atoms. The van der Waals surface area contributed by atoms with Crippen LogP contribution in [0.1, 0.15) is 0 Å². The summed E-state index contributed by atoms with van der Waals surface area (Å²) in [7, 11) is 3.78. The smallest absolute Gasteiger partial charge is 0.203 e. The highest BCUT2D eigenvalue weighted by Gasteiger charge is 1.98. The van der Waals surface area contributed by atoms with Crippen LogP contribution in [0.2, 0.25) is 0 Å². The minimum Gasteiger partial charge on any atom is -0.349 e. The Hall–Kier alpha value is -1.65. The summed E-state index contributed by atoms with van der Waals surface area (Å²) in [5, 5.41) is 6.72. The van der Waals surface area contributed by atoms with Crippen molar-refractivity contribution in [1.82, 2.24) is 9.97 Å². The van der Waals surface area contributed by atoms with E-state index in [0.29, 0.717) is 5.82 Å². The molecule has 0 atom stereocenters. The maximum absolute atomic E-state index is 6.72. The Labute approximate surface area is 70.7 Å². The second-order valence-electron chi connectivity index (χ2n) is 2.43. The molecule has 0 aliphatic carbocycles. The first-order chi connectivity index (χ1) is 5.74. The van der Waals surface area contributed by atoms with Crippen molar-refractivity contribution in [3.8, 4) is 0 Å². The number of nitrogens with one attached hydrogen (secondary N) is 2. The molecule has 0 saturated carbocycles. The van der Waals surface area contributed by atoms with E-state index in [0.717, 1.165) is 12.2 Å². The van der Waals surface area contributed by atoms with Crippen LogP contribution in [0.4, 0.5) is 11.8 Å². The molecule has 0 aliphatic rings. The lowest BCUT2D eigenvalue weighted by Crippen LogP contribution is -2.09. The molecule has 0 radical (unpaired) electrons. The van der Waals surface area contributed by atoms with Crippen molar-refractivity contribution in [3.05, 3.63) is 6.20 Å². The summed E-state index contributed by atoms with van der Waals surface area (Å²) in [5.41, 5.74) is 0. The fourth-order valence-electron chi connectivity index (χ4n) is 0.712. The van der Waals surface area contributed by atoms with E-state index in [1.807, 2.05) is 19.0 Å². The maximum Gasteiger partial charge on any atom is 0.203 e. The largest absolute Gasteiger partial charge is 0.349 e. The Balaban J connectivity index is 2.77. The van der Waals surface area contributed by atoms with Crippen molar-refractivity contribution >= 4 is 24.2 Å². The molecule has 0 fully saturated rings. The molecular weight excluding hydrogens is 154 g/mol. The Bertz CT molecular complexity index is 286. The fourth-order valence-corrected chi connectivity index (χ4v) is 0.712. The highest BCUT2D eigenvalue weighted by atomic mass is 15.2. The van der Waals surface area contributed by atoms with E-state index in [-0.39, 0.29) is 0 Å². The van der Waals surface area contributed by atoms with Crippen LogP contribution in [0.25, 0.3) is 0 Å². The quantitative estimate of drug-likeness (QED) is 0.651. The Kier molecular flexibility index (Phi) is 2.57. The number of imidazole rings is 1. The van der Waals surface area contributed by atoms with Crippen LogP contribution in [-0.4, -0.2) is 36.5 Å². The van der Waals surface area contributed by atoms with Crippen molar-refractivity contribution < 1.29 is 0 Å². The summed E-state index contributed by atoms with van der Waals surface area (Å²) >= 11 is 0. The first kappa shape index (κ1) is 8.45. The summed E-state index contributed by atoms with van der Waals surface area (Å²) < 4.78 is 0. The molecule has 0 aromatic carbocycles. The van der Waals surface area contributed by atoms with Crippen LogP contribution in [0.15, 0.2) is 11.2 Å². The van der Waals surface area contributed by atoms with Crippen molar-refractivity contribution in [2.75, 3.05) is 19.0 Å². The summed E-state index contributed by atoms with van der Waals surface area (Å²) in [6.07, 6.45) is 4.14. The second-order valence-corrected chi connectivity index (χ2v) is 2.43. The topological polar surface area (TPSA) is 68.1 Å². The molecule has 1 aromatic heterocycles. The van der Waals surface area contributed by atoms with Gasteiger partial charge in [0, 0.05) is 26.5 Å². The number of nitrogens with zero attached hydrogens (tertiary/aromatic N) is 3. The van der Waals surface area contributed by atoms with E-state index in [2.05, 4.69) is 15.0 Å². The molecule has 5 heteroatoms. The number of aromatic nitrogens is 2. The van der Waals surface area contributed by atoms with E-state index < -0.39 is 0 Å². The van der Waals surface area contributed by atoms with E-state index in [1.165, 1.54) is 6.21 Å². The second kappa shape index (κ2) is 3.66. The van der Waals surface area contributed by atoms with Gasteiger partial charge in [0.15, 0.2) is 5.82 Å². The molecule has 2 N–H and O–H groups in total. The molecule has 1 aromatic rings. The molecular formula is C7H11N5. The van der Waals surface area contributed by atoms with Crippen LogP contribution in [0, 0.1) is 5.41 Å². The standard InChI is InChI=1S/C7H11N5/c1-12(2)7-10-5-6(11-7)9-4-3-8/h3-5,8H,1-2H3,(H,10,11). The number of aromatic amines is 1. The first-order valence-electron chi connectivity index (χ1n) is 3.49. The van der Waals surface area contributed by atoms with Gasteiger partial charge in [-0.05, 0) is 0 Å². The molecule has 1 heterocycles. The molecule has 0 saturated heterocycles. The summed E-state index contributed by atoms with van der Waals surface area (Å²) in [4.78, 5) is 12.8. The van der Waals surface area contributed by atoms with Gasteiger partial charge in [0.1, 0.15) is 0 Å². The van der Waals surface area contributed by atoms with Gasteiger partial charge in [-0.15, -0.1) is 0 Å². The Morgan fingerprint density at radius 2 is 2.42 bits per heavy atom. The molecule has 64 valence electrons. The minimum atomic E-state index is 0.655. The number of H-pyrrole nitrogens is 1. The van der Waals surface area contributed by atoms with Crippen LogP contribution in [0.3, 0.4) is 0 Å². The van der Waals surface area contributed by atoms with Crippen molar-refractivity contribution in [2.45, 2.75) is 0 Å². The Morgan fingerprint density at radius 3 is 2.92 bits per heavy atom. The van der Waals surface area contributed by atoms with Gasteiger partial charge in [0.05, 0.1) is 6.20 Å². The zero-order valence-corrected chi connectivity index (χ0v) is 7.07. The molecule has 0 bridgehead atoms. The van der Waals surface area contributed by atoms with Crippen LogP contribution in [-0.2, 0) is 0 Å². The van der Waals surface area contributed by atoms with Crippen LogP contribution >= 0.6 is 0 Å². The molecule has 0 amide bonds. The third-order valence-electron chi connectivity index (χ3n) is 1.26. The number of aliphatic imine (C=N–C) groups is 1. The van der Waals surface area contributed by atoms with E-state index in [4.69, 9.17) is 5.41 Å². The molecule has 1 rings (SSSR count). The van der Waals surface area contributed by atoms with Gasteiger partial charge in [0.25, 0.3) is 0 Å². The maximum atomic E-state index is 6.72. The lowest BCUT2D eigenvalue weighted by Gasteiger charge is -2.05. The predicted molar refractivity (Wildman–Crippen MR) is 49.9 cm³/mol. The fraction of sp³-hybridized carbons (Fsp3) is 0.286. The predicted octanol–water partition coefficient (Wildman–Crippen LogP) is 0.828. The number of hydrogen-bond donors (Lipinski definition) is 2. The zero-order valence-electron chi connectivity index (χ0n) is 7.07. The van der Waals surface area contributed by atoms with E-state index in [9.17, 15) is 0 Å². The van der Waals surface area contributed by atoms with E-state index in [1.54, 1.807) is 6.20 Å². The summed E-state index contributed by atoms with van der Waals surface area (Å²) in [6.45, 7) is 0. The third-order valence-corrected chi connectivity index (χ3v) is 1.26. The third kappa shape index (κ3) is 1.91. The monoisotopic (exact) mass is 165 g/mol. The minimum absolute atomic E-state index is 0.655. The van der Waals surface area contributed by atoms with Gasteiger partial charge < -0.3 is 15.3 Å². The van der Waals surface area contributed by atoms with E-state index >= 15 is 0 Å². The molecule has 0 unspecified atom stereocenters. The van der Waals surface area contributed by atoms with Gasteiger partial charge in [-0.25, -0.2) is 9.98 Å². The highest BCUT2D eigenvalue weighted by molar-refractivity contribution is 6.15. The highest BCUT2D eigenvalue weighted by Crippen LogP contribution is 2.11. The molecule has 0 spiro atoms. The van der Waals surface area contributed by atoms with Gasteiger partial charge in [-0.2, -0.15) is 0 Å². The molecule has 5 nitrogen and oxygen atoms in total. The number of rotatable bonds is 3. The van der Waals surface area contributed by atoms with Gasteiger partial charge in [-0.3, -0.25) is 0 Å². The van der Waals surface area contributed by atoms with Gasteiger partial charge in [0.2, 0.25) is 5.95 Å². The SMILES string of the molecule is CN(C)c1ncc(N=CC=N)[nH]1. The van der Waals surface area contributed by atoms with Crippen molar-refractivity contribution in [3.63, 3.8) is 0 Å². The summed E-state index contributed by atoms with van der Waals surface area (Å²) in [5.74, 6) is 1.41. The molecule has 0 aliphatic heterocycles.